The van der Waals surface area contributed by atoms with Crippen LogP contribution in [0.2, 0.25) is 0 Å². The van der Waals surface area contributed by atoms with Gasteiger partial charge in [-0.1, -0.05) is 12.1 Å². The van der Waals surface area contributed by atoms with Crippen LogP contribution in [0.3, 0.4) is 0 Å². The number of hydrogen-bond donors (Lipinski definition) is 0. The summed E-state index contributed by atoms with van der Waals surface area (Å²) in [6.07, 6.45) is -3.78. The van der Waals surface area contributed by atoms with Crippen molar-refractivity contribution in [2.75, 3.05) is 5.75 Å². The van der Waals surface area contributed by atoms with E-state index in [0.717, 1.165) is 6.07 Å². The van der Waals surface area contributed by atoms with Crippen LogP contribution in [-0.2, 0) is 28.2 Å². The Kier molecular flexibility index (Phi) is 5.41. The van der Waals surface area contributed by atoms with Crippen molar-refractivity contribution < 1.29 is 34.9 Å². The summed E-state index contributed by atoms with van der Waals surface area (Å²) in [5, 5.41) is 10.9. The van der Waals surface area contributed by atoms with Crippen molar-refractivity contribution in [2.45, 2.75) is 49.1 Å². The highest BCUT2D eigenvalue weighted by Gasteiger charge is 2.68. The first kappa shape index (κ1) is 25.1. The Morgan fingerprint density at radius 2 is 1.81 bits per heavy atom. The van der Waals surface area contributed by atoms with Gasteiger partial charge in [0.05, 0.1) is 10.6 Å². The molecule has 196 valence electrons. The van der Waals surface area contributed by atoms with E-state index in [1.54, 1.807) is 0 Å². The molecule has 0 atom stereocenters. The first-order valence-electron chi connectivity index (χ1n) is 10.9. The fraction of sp³-hybridized carbons (Fsp3) is 0.429. The molecule has 0 aliphatic heterocycles. The summed E-state index contributed by atoms with van der Waals surface area (Å²) in [6, 6.07) is 2.21. The molecule has 1 saturated carbocycles. The van der Waals surface area contributed by atoms with Crippen LogP contribution in [0.1, 0.15) is 38.3 Å². The molecule has 37 heavy (non-hydrogen) atoms. The molecular weight excluding hydrogens is 525 g/mol. The van der Waals surface area contributed by atoms with Gasteiger partial charge in [0.25, 0.3) is 5.92 Å². The van der Waals surface area contributed by atoms with E-state index in [9.17, 15) is 30.4 Å². The lowest BCUT2D eigenvalue weighted by Crippen LogP contribution is -2.28. The van der Waals surface area contributed by atoms with Gasteiger partial charge in [0.2, 0.25) is 11.7 Å². The monoisotopic (exact) mass is 543 g/mol. The summed E-state index contributed by atoms with van der Waals surface area (Å²) < 4.78 is 99.9. The lowest BCUT2D eigenvalue weighted by Gasteiger charge is -2.13. The molecule has 0 saturated heterocycles. The molecule has 0 unspecified atom stereocenters. The Bertz CT molecular complexity index is 1640. The number of alkyl halides is 5. The summed E-state index contributed by atoms with van der Waals surface area (Å²) in [6.45, 7) is 2.05. The van der Waals surface area contributed by atoms with Crippen molar-refractivity contribution in [3.63, 3.8) is 0 Å². The summed E-state index contributed by atoms with van der Waals surface area (Å²) in [7, 11) is -2.48. The van der Waals surface area contributed by atoms with Crippen molar-refractivity contribution in [3.8, 4) is 22.9 Å². The van der Waals surface area contributed by atoms with Gasteiger partial charge in [0.15, 0.2) is 21.3 Å². The smallest absolute Gasteiger partial charge is 0.338 e. The minimum absolute atomic E-state index is 0.00208. The lowest BCUT2D eigenvalue weighted by molar-refractivity contribution is -0.166. The molecule has 0 aromatic carbocycles. The van der Waals surface area contributed by atoms with Crippen molar-refractivity contribution in [1.29, 1.82) is 0 Å². The molecule has 1 aliphatic carbocycles. The van der Waals surface area contributed by atoms with Crippen LogP contribution in [-0.4, -0.2) is 55.2 Å². The van der Waals surface area contributed by atoms with Gasteiger partial charge < -0.3 is 9.09 Å². The molecule has 1 aliphatic rings. The number of fused-ring (bicyclic) bond motifs is 1. The van der Waals surface area contributed by atoms with E-state index in [1.807, 2.05) is 0 Å². The molecule has 0 amide bonds. The summed E-state index contributed by atoms with van der Waals surface area (Å²) in [5.41, 5.74) is -2.78. The second-order valence-electron chi connectivity index (χ2n) is 8.80. The standard InChI is InChI=1S/C21H18F5N7O3S/c1-4-37(34,35)12-7-10(15-29-18(36-32-15)20(5-6-20)21(24,25)26)9-27-14(12)17-28-11-8-13(19(2,22)23)30-31-16(11)33(17)3/h7-9H,4-6H2,1-3H3. The Labute approximate surface area is 205 Å². The van der Waals surface area contributed by atoms with Crippen LogP contribution in [0.25, 0.3) is 34.1 Å². The number of hydrogen-bond acceptors (Lipinski definition) is 9. The second-order valence-corrected chi connectivity index (χ2v) is 11.0. The molecule has 4 aromatic rings. The molecule has 16 heteroatoms. The zero-order chi connectivity index (χ0) is 27.0. The Morgan fingerprint density at radius 1 is 1.11 bits per heavy atom. The van der Waals surface area contributed by atoms with Gasteiger partial charge in [-0.05, 0) is 25.0 Å². The van der Waals surface area contributed by atoms with Crippen LogP contribution in [0.5, 0.6) is 0 Å². The third-order valence-corrected chi connectivity index (χ3v) is 7.97. The number of sulfone groups is 1. The van der Waals surface area contributed by atoms with Crippen molar-refractivity contribution in [3.05, 3.63) is 29.9 Å². The Morgan fingerprint density at radius 3 is 2.41 bits per heavy atom. The van der Waals surface area contributed by atoms with Crippen LogP contribution < -0.4 is 0 Å². The van der Waals surface area contributed by atoms with E-state index in [2.05, 4.69) is 30.3 Å². The van der Waals surface area contributed by atoms with E-state index in [-0.39, 0.29) is 57.6 Å². The zero-order valence-electron chi connectivity index (χ0n) is 19.5. The van der Waals surface area contributed by atoms with Gasteiger partial charge in [-0.2, -0.15) is 26.9 Å². The first-order chi connectivity index (χ1) is 17.2. The average Bonchev–Trinajstić information content (AvgIpc) is 3.40. The SMILES string of the molecule is CCS(=O)(=O)c1cc(-c2noc(C3(C(F)(F)F)CC3)n2)cnc1-c1nc2cc(C(C)(F)F)nnc2n1C. The number of nitrogens with zero attached hydrogens (tertiary/aromatic N) is 7. The lowest BCUT2D eigenvalue weighted by atomic mass is 10.1. The van der Waals surface area contributed by atoms with Gasteiger partial charge in [-0.25, -0.2) is 13.4 Å². The van der Waals surface area contributed by atoms with Crippen LogP contribution >= 0.6 is 0 Å². The first-order valence-corrected chi connectivity index (χ1v) is 12.6. The quantitative estimate of drug-likeness (QED) is 0.332. The average molecular weight is 543 g/mol. The molecule has 0 spiro atoms. The predicted octanol–water partition coefficient (Wildman–Crippen LogP) is 3.97. The molecule has 4 aromatic heterocycles. The number of aromatic nitrogens is 7. The van der Waals surface area contributed by atoms with Crippen molar-refractivity contribution >= 4 is 21.0 Å². The van der Waals surface area contributed by atoms with E-state index in [1.165, 1.54) is 30.8 Å². The van der Waals surface area contributed by atoms with Gasteiger partial charge in [-0.15, -0.1) is 10.2 Å². The zero-order valence-corrected chi connectivity index (χ0v) is 20.3. The van der Waals surface area contributed by atoms with Gasteiger partial charge in [0.1, 0.15) is 22.3 Å². The number of aryl methyl sites for hydroxylation is 1. The molecule has 0 bridgehead atoms. The van der Waals surface area contributed by atoms with Crippen molar-refractivity contribution in [2.24, 2.45) is 7.05 Å². The Hall–Kier alpha value is -3.56. The van der Waals surface area contributed by atoms with Crippen LogP contribution in [0.15, 0.2) is 27.7 Å². The summed E-state index contributed by atoms with van der Waals surface area (Å²) in [5.74, 6) is -4.47. The highest BCUT2D eigenvalue weighted by Crippen LogP contribution is 2.58. The summed E-state index contributed by atoms with van der Waals surface area (Å²) >= 11 is 0. The maximum atomic E-state index is 13.7. The summed E-state index contributed by atoms with van der Waals surface area (Å²) in [4.78, 5) is 12.0. The minimum Gasteiger partial charge on any atom is -0.338 e. The fourth-order valence-electron chi connectivity index (χ4n) is 3.82. The van der Waals surface area contributed by atoms with Gasteiger partial charge in [-0.3, -0.25) is 4.98 Å². The number of imidazole rings is 1. The minimum atomic E-state index is -4.57. The van der Waals surface area contributed by atoms with E-state index >= 15 is 0 Å². The van der Waals surface area contributed by atoms with Crippen LogP contribution in [0, 0.1) is 0 Å². The molecule has 0 radical (unpaired) electrons. The molecule has 0 N–H and O–H groups in total. The third kappa shape index (κ3) is 4.02. The molecule has 4 heterocycles. The maximum Gasteiger partial charge on any atom is 0.403 e. The van der Waals surface area contributed by atoms with Gasteiger partial charge in [0, 0.05) is 25.7 Å². The molecule has 1 fully saturated rings. The highest BCUT2D eigenvalue weighted by atomic mass is 32.2. The Balaban J connectivity index is 1.63. The van der Waals surface area contributed by atoms with E-state index in [0.29, 0.717) is 6.92 Å². The number of rotatable bonds is 6. The number of pyridine rings is 1. The topological polar surface area (TPSA) is 130 Å². The van der Waals surface area contributed by atoms with E-state index < -0.39 is 38.9 Å². The van der Waals surface area contributed by atoms with Gasteiger partial charge >= 0.3 is 6.18 Å². The molecular formula is C21H18F5N7O3S. The number of halogens is 5. The predicted molar refractivity (Wildman–Crippen MR) is 117 cm³/mol. The fourth-order valence-corrected chi connectivity index (χ4v) is 4.87. The molecule has 10 nitrogen and oxygen atoms in total. The molecule has 5 rings (SSSR count). The second kappa shape index (κ2) is 7.97. The van der Waals surface area contributed by atoms with E-state index in [4.69, 9.17) is 4.52 Å². The normalized spacial score (nSPS) is 15.9. The largest absolute Gasteiger partial charge is 0.403 e. The van der Waals surface area contributed by atoms with Crippen LogP contribution in [0.4, 0.5) is 22.0 Å². The maximum absolute atomic E-state index is 13.7. The highest BCUT2D eigenvalue weighted by molar-refractivity contribution is 7.91. The van der Waals surface area contributed by atoms with Crippen molar-refractivity contribution in [1.82, 2.24) is 34.9 Å². The third-order valence-electron chi connectivity index (χ3n) is 6.23.